The van der Waals surface area contributed by atoms with Crippen LogP contribution in [0.4, 0.5) is 5.69 Å². The number of rotatable bonds is 5. The Morgan fingerprint density at radius 3 is 2.67 bits per heavy atom. The molecule has 1 aliphatic rings. The molecule has 1 aliphatic heterocycles. The number of piperidine rings is 1. The van der Waals surface area contributed by atoms with Crippen molar-refractivity contribution in [1.82, 2.24) is 4.90 Å². The Kier molecular flexibility index (Phi) is 5.06. The van der Waals surface area contributed by atoms with Crippen molar-refractivity contribution in [2.75, 3.05) is 31.5 Å². The molecule has 2 nitrogen and oxygen atoms in total. The second kappa shape index (κ2) is 6.79. The third-order valence-electron chi connectivity index (χ3n) is 4.02. The number of nitrogens with zero attached hydrogens (tertiary/aromatic N) is 1. The van der Waals surface area contributed by atoms with Gasteiger partial charge >= 0.3 is 0 Å². The minimum absolute atomic E-state index is 0.926. The van der Waals surface area contributed by atoms with Crippen molar-refractivity contribution >= 4 is 5.69 Å². The number of nitrogens with one attached hydrogen (secondary N) is 1. The predicted molar refractivity (Wildman–Crippen MR) is 79.1 cm³/mol. The Balaban J connectivity index is 1.75. The van der Waals surface area contributed by atoms with E-state index in [1.54, 1.807) is 0 Å². The lowest BCUT2D eigenvalue weighted by molar-refractivity contribution is 0.199. The molecule has 100 valence electrons. The van der Waals surface area contributed by atoms with Gasteiger partial charge in [-0.1, -0.05) is 32.0 Å². The fourth-order valence-corrected chi connectivity index (χ4v) is 2.64. The van der Waals surface area contributed by atoms with E-state index in [0.29, 0.717) is 0 Å². The molecule has 0 saturated carbocycles. The highest BCUT2D eigenvalue weighted by atomic mass is 15.1. The molecular weight excluding hydrogens is 220 g/mol. The summed E-state index contributed by atoms with van der Waals surface area (Å²) in [6, 6.07) is 8.64. The number of likely N-dealkylation sites (tertiary alicyclic amines) is 1. The first-order chi connectivity index (χ1) is 8.79. The summed E-state index contributed by atoms with van der Waals surface area (Å²) in [6.45, 7) is 9.37. The van der Waals surface area contributed by atoms with Crippen LogP contribution in [0.1, 0.15) is 32.3 Å². The van der Waals surface area contributed by atoms with Crippen molar-refractivity contribution in [2.24, 2.45) is 5.92 Å². The molecule has 1 aromatic carbocycles. The minimum Gasteiger partial charge on any atom is -0.384 e. The lowest BCUT2D eigenvalue weighted by Gasteiger charge is -2.30. The maximum Gasteiger partial charge on any atom is 0.0373 e. The van der Waals surface area contributed by atoms with Crippen LogP contribution < -0.4 is 5.32 Å². The number of benzene rings is 1. The maximum atomic E-state index is 3.58. The summed E-state index contributed by atoms with van der Waals surface area (Å²) in [5.74, 6) is 0.926. The third kappa shape index (κ3) is 3.74. The minimum atomic E-state index is 0.926. The Morgan fingerprint density at radius 1 is 1.22 bits per heavy atom. The summed E-state index contributed by atoms with van der Waals surface area (Å²) < 4.78 is 0. The molecule has 1 saturated heterocycles. The summed E-state index contributed by atoms with van der Waals surface area (Å²) in [4.78, 5) is 2.58. The van der Waals surface area contributed by atoms with Crippen LogP contribution in [0.5, 0.6) is 0 Å². The average Bonchev–Trinajstić information content (AvgIpc) is 2.41. The van der Waals surface area contributed by atoms with Gasteiger partial charge in [-0.25, -0.2) is 0 Å². The molecule has 1 fully saturated rings. The van der Waals surface area contributed by atoms with Gasteiger partial charge in [0.2, 0.25) is 0 Å². The summed E-state index contributed by atoms with van der Waals surface area (Å²) in [5, 5.41) is 3.58. The van der Waals surface area contributed by atoms with E-state index >= 15 is 0 Å². The first kappa shape index (κ1) is 13.4. The van der Waals surface area contributed by atoms with Crippen LogP contribution in [0.25, 0.3) is 0 Å². The monoisotopic (exact) mass is 246 g/mol. The Hall–Kier alpha value is -1.02. The molecule has 0 spiro atoms. The molecule has 0 bridgehead atoms. The summed E-state index contributed by atoms with van der Waals surface area (Å²) in [6.07, 6.45) is 3.83. The smallest absolute Gasteiger partial charge is 0.0373 e. The first-order valence-corrected chi connectivity index (χ1v) is 7.33. The normalized spacial score (nSPS) is 17.9. The van der Waals surface area contributed by atoms with E-state index < -0.39 is 0 Å². The standard InChI is InChI=1S/C16H26N2/c1-3-15-6-4-5-7-16(15)17-10-13-18-11-8-14(2)9-12-18/h4-7,14,17H,3,8-13H2,1-2H3. The van der Waals surface area contributed by atoms with E-state index in [2.05, 4.69) is 48.3 Å². The number of para-hydroxylation sites is 1. The summed E-state index contributed by atoms with van der Waals surface area (Å²) in [7, 11) is 0. The third-order valence-corrected chi connectivity index (χ3v) is 4.02. The van der Waals surface area contributed by atoms with Crippen LogP contribution in [0.3, 0.4) is 0 Å². The lowest BCUT2D eigenvalue weighted by atomic mass is 9.99. The zero-order chi connectivity index (χ0) is 12.8. The quantitative estimate of drug-likeness (QED) is 0.856. The lowest BCUT2D eigenvalue weighted by Crippen LogP contribution is -2.36. The van der Waals surface area contributed by atoms with Crippen molar-refractivity contribution < 1.29 is 0 Å². The molecule has 1 aromatic rings. The number of hydrogen-bond acceptors (Lipinski definition) is 2. The fraction of sp³-hybridized carbons (Fsp3) is 0.625. The van der Waals surface area contributed by atoms with Gasteiger partial charge in [0.1, 0.15) is 0 Å². The average molecular weight is 246 g/mol. The van der Waals surface area contributed by atoms with Crippen molar-refractivity contribution in [1.29, 1.82) is 0 Å². The SMILES string of the molecule is CCc1ccccc1NCCN1CCC(C)CC1. The summed E-state index contributed by atoms with van der Waals surface area (Å²) >= 11 is 0. The molecule has 2 heteroatoms. The van der Waals surface area contributed by atoms with Gasteiger partial charge < -0.3 is 10.2 Å². The van der Waals surface area contributed by atoms with Gasteiger partial charge in [0.05, 0.1) is 0 Å². The van der Waals surface area contributed by atoms with Crippen LogP contribution >= 0.6 is 0 Å². The van der Waals surface area contributed by atoms with Gasteiger partial charge in [0, 0.05) is 18.8 Å². The molecular formula is C16H26N2. The Labute approximate surface area is 111 Å². The number of aryl methyl sites for hydroxylation is 1. The largest absolute Gasteiger partial charge is 0.384 e. The van der Waals surface area contributed by atoms with Crippen LogP contribution in [0.15, 0.2) is 24.3 Å². The van der Waals surface area contributed by atoms with Gasteiger partial charge in [-0.15, -0.1) is 0 Å². The van der Waals surface area contributed by atoms with Crippen LogP contribution in [-0.2, 0) is 6.42 Å². The first-order valence-electron chi connectivity index (χ1n) is 7.33. The Bertz CT molecular complexity index is 354. The highest BCUT2D eigenvalue weighted by Crippen LogP contribution is 2.17. The highest BCUT2D eigenvalue weighted by Gasteiger charge is 2.14. The van der Waals surface area contributed by atoms with Crippen molar-refractivity contribution in [3.8, 4) is 0 Å². The predicted octanol–water partition coefficient (Wildman–Crippen LogP) is 3.39. The second-order valence-electron chi connectivity index (χ2n) is 5.46. The van der Waals surface area contributed by atoms with Gasteiger partial charge in [0.25, 0.3) is 0 Å². The maximum absolute atomic E-state index is 3.58. The van der Waals surface area contributed by atoms with Gasteiger partial charge in [0.15, 0.2) is 0 Å². The van der Waals surface area contributed by atoms with Crippen molar-refractivity contribution in [2.45, 2.75) is 33.1 Å². The zero-order valence-electron chi connectivity index (χ0n) is 11.8. The van der Waals surface area contributed by atoms with E-state index in [4.69, 9.17) is 0 Å². The highest BCUT2D eigenvalue weighted by molar-refractivity contribution is 5.50. The summed E-state index contributed by atoms with van der Waals surface area (Å²) in [5.41, 5.74) is 2.73. The fourth-order valence-electron chi connectivity index (χ4n) is 2.64. The molecule has 0 radical (unpaired) electrons. The number of anilines is 1. The van der Waals surface area contributed by atoms with Crippen molar-refractivity contribution in [3.05, 3.63) is 29.8 Å². The van der Waals surface area contributed by atoms with Crippen molar-refractivity contribution in [3.63, 3.8) is 0 Å². The van der Waals surface area contributed by atoms with E-state index in [1.807, 2.05) is 0 Å². The molecule has 0 unspecified atom stereocenters. The molecule has 0 aliphatic carbocycles. The van der Waals surface area contributed by atoms with E-state index in [0.717, 1.165) is 18.9 Å². The van der Waals surface area contributed by atoms with Gasteiger partial charge in [-0.3, -0.25) is 0 Å². The van der Waals surface area contributed by atoms with E-state index in [1.165, 1.54) is 43.7 Å². The van der Waals surface area contributed by atoms with Gasteiger partial charge in [-0.2, -0.15) is 0 Å². The molecule has 2 rings (SSSR count). The topological polar surface area (TPSA) is 15.3 Å². The molecule has 1 N–H and O–H groups in total. The van der Waals surface area contributed by atoms with Crippen LogP contribution in [0.2, 0.25) is 0 Å². The molecule has 0 amide bonds. The number of hydrogen-bond donors (Lipinski definition) is 1. The molecule has 0 aromatic heterocycles. The molecule has 18 heavy (non-hydrogen) atoms. The second-order valence-corrected chi connectivity index (χ2v) is 5.46. The van der Waals surface area contributed by atoms with Crippen LogP contribution in [0, 0.1) is 5.92 Å². The van der Waals surface area contributed by atoms with Crippen LogP contribution in [-0.4, -0.2) is 31.1 Å². The van der Waals surface area contributed by atoms with E-state index in [-0.39, 0.29) is 0 Å². The molecule has 0 atom stereocenters. The molecule has 1 heterocycles. The Morgan fingerprint density at radius 2 is 1.94 bits per heavy atom. The van der Waals surface area contributed by atoms with Gasteiger partial charge in [-0.05, 0) is 49.9 Å². The van der Waals surface area contributed by atoms with E-state index in [9.17, 15) is 0 Å². The zero-order valence-corrected chi connectivity index (χ0v) is 11.8.